The van der Waals surface area contributed by atoms with E-state index < -0.39 is 22.6 Å². The molecule has 2 rings (SSSR count). The lowest BCUT2D eigenvalue weighted by Crippen LogP contribution is -2.51. The van der Waals surface area contributed by atoms with Gasteiger partial charge in [0.25, 0.3) is 0 Å². The molecule has 0 amide bonds. The molecule has 4 atom stereocenters. The first kappa shape index (κ1) is 9.49. The fourth-order valence-electron chi connectivity index (χ4n) is 2.14. The van der Waals surface area contributed by atoms with Crippen molar-refractivity contribution >= 4 is 15.9 Å². The second-order valence-electron chi connectivity index (χ2n) is 3.56. The van der Waals surface area contributed by atoms with Crippen LogP contribution in [0.5, 0.6) is 0 Å². The Morgan fingerprint density at radius 2 is 1.92 bits per heavy atom. The summed E-state index contributed by atoms with van der Waals surface area (Å²) in [4.78, 5) is -1.12. The van der Waals surface area contributed by atoms with Crippen molar-refractivity contribution in [2.24, 2.45) is 11.8 Å². The number of hydrogen-bond acceptors (Lipinski definition) is 0. The van der Waals surface area contributed by atoms with Crippen LogP contribution in [0.15, 0.2) is 12.2 Å². The molecule has 0 heterocycles. The first-order valence-corrected chi connectivity index (χ1v) is 4.87. The molecule has 4 unspecified atom stereocenters. The topological polar surface area (TPSA) is 0 Å². The van der Waals surface area contributed by atoms with Crippen LogP contribution in [0.3, 0.4) is 0 Å². The van der Waals surface area contributed by atoms with Crippen LogP contribution in [0.2, 0.25) is 0 Å². The first-order chi connectivity index (χ1) is 5.87. The van der Waals surface area contributed by atoms with E-state index in [-0.39, 0.29) is 12.3 Å². The van der Waals surface area contributed by atoms with Crippen molar-refractivity contribution in [3.8, 4) is 0 Å². The van der Waals surface area contributed by atoms with Crippen molar-refractivity contribution in [3.05, 3.63) is 12.2 Å². The van der Waals surface area contributed by atoms with E-state index in [2.05, 4.69) is 15.9 Å². The van der Waals surface area contributed by atoms with Gasteiger partial charge in [0, 0.05) is 5.92 Å². The van der Waals surface area contributed by atoms with Crippen LogP contribution in [-0.4, -0.2) is 16.7 Å². The van der Waals surface area contributed by atoms with Gasteiger partial charge in [-0.3, -0.25) is 0 Å². The lowest BCUT2D eigenvalue weighted by Gasteiger charge is -2.33. The minimum atomic E-state index is -4.77. The number of halogens is 5. The van der Waals surface area contributed by atoms with Gasteiger partial charge in [0.2, 0.25) is 5.67 Å². The maximum Gasteiger partial charge on any atom is 0.424 e. The van der Waals surface area contributed by atoms with Crippen LogP contribution in [0, 0.1) is 11.8 Å². The van der Waals surface area contributed by atoms with E-state index in [0.29, 0.717) is 0 Å². The molecule has 2 aliphatic carbocycles. The van der Waals surface area contributed by atoms with Gasteiger partial charge in [-0.2, -0.15) is 13.2 Å². The Balaban J connectivity index is 2.39. The van der Waals surface area contributed by atoms with Gasteiger partial charge in [-0.1, -0.05) is 28.1 Å². The zero-order chi connectivity index (χ0) is 9.85. The summed E-state index contributed by atoms with van der Waals surface area (Å²) in [5, 5.41) is 0. The Kier molecular flexibility index (Phi) is 1.82. The van der Waals surface area contributed by atoms with E-state index in [9.17, 15) is 17.6 Å². The van der Waals surface area contributed by atoms with Gasteiger partial charge in [-0.25, -0.2) is 4.39 Å². The minimum absolute atomic E-state index is 0.270. The Bertz CT molecular complexity index is 259. The van der Waals surface area contributed by atoms with Crippen molar-refractivity contribution < 1.29 is 17.6 Å². The van der Waals surface area contributed by atoms with Gasteiger partial charge in [0.05, 0.1) is 4.83 Å². The van der Waals surface area contributed by atoms with Gasteiger partial charge in [0.1, 0.15) is 0 Å². The second-order valence-corrected chi connectivity index (χ2v) is 4.55. The Hall–Kier alpha value is -0.0600. The fourth-order valence-corrected chi connectivity index (χ4v) is 3.13. The minimum Gasteiger partial charge on any atom is -0.232 e. The van der Waals surface area contributed by atoms with Gasteiger partial charge < -0.3 is 0 Å². The van der Waals surface area contributed by atoms with E-state index in [1.54, 1.807) is 6.08 Å². The second kappa shape index (κ2) is 2.49. The van der Waals surface area contributed by atoms with Crippen molar-refractivity contribution in [2.75, 3.05) is 0 Å². The summed E-state index contributed by atoms with van der Waals surface area (Å²) in [5.41, 5.74) is -3.06. The molecule has 0 aliphatic heterocycles. The summed E-state index contributed by atoms with van der Waals surface area (Å²) in [6, 6.07) is 0. The predicted octanol–water partition coefficient (Wildman–Crippen LogP) is 3.23. The van der Waals surface area contributed by atoms with Gasteiger partial charge in [-0.15, -0.1) is 0 Å². The molecule has 74 valence electrons. The molecule has 0 aromatic rings. The monoisotopic (exact) mass is 258 g/mol. The van der Waals surface area contributed by atoms with Crippen LogP contribution in [0.4, 0.5) is 17.6 Å². The van der Waals surface area contributed by atoms with Crippen LogP contribution in [0.1, 0.15) is 6.42 Å². The molecule has 0 aromatic carbocycles. The SMILES string of the molecule is FC(F)(F)C1(F)C2C=CC(C2)C1Br. The molecule has 0 spiro atoms. The van der Waals surface area contributed by atoms with E-state index in [1.807, 2.05) is 0 Å². The largest absolute Gasteiger partial charge is 0.424 e. The van der Waals surface area contributed by atoms with Gasteiger partial charge in [0.15, 0.2) is 0 Å². The smallest absolute Gasteiger partial charge is 0.232 e. The third-order valence-corrected chi connectivity index (χ3v) is 4.21. The van der Waals surface area contributed by atoms with Crippen molar-refractivity contribution in [1.29, 1.82) is 0 Å². The van der Waals surface area contributed by atoms with Crippen LogP contribution >= 0.6 is 15.9 Å². The Morgan fingerprint density at radius 3 is 2.23 bits per heavy atom. The molecule has 0 aromatic heterocycles. The van der Waals surface area contributed by atoms with Crippen LogP contribution in [0.25, 0.3) is 0 Å². The zero-order valence-electron chi connectivity index (χ0n) is 6.48. The normalized spacial score (nSPS) is 48.8. The number of fused-ring (bicyclic) bond motifs is 2. The summed E-state index contributed by atoms with van der Waals surface area (Å²) in [6.45, 7) is 0. The average molecular weight is 259 g/mol. The maximum atomic E-state index is 13.7. The van der Waals surface area contributed by atoms with Crippen LogP contribution < -0.4 is 0 Å². The lowest BCUT2D eigenvalue weighted by molar-refractivity contribution is -0.235. The fraction of sp³-hybridized carbons (Fsp3) is 0.750. The summed E-state index contributed by atoms with van der Waals surface area (Å²) in [6.07, 6.45) is -1.50. The summed E-state index contributed by atoms with van der Waals surface area (Å²) >= 11 is 2.81. The molecular weight excluding hydrogens is 252 g/mol. The highest BCUT2D eigenvalue weighted by Gasteiger charge is 2.70. The third kappa shape index (κ3) is 1.02. The molecule has 1 saturated carbocycles. The molecule has 13 heavy (non-hydrogen) atoms. The number of allylic oxidation sites excluding steroid dienone is 2. The van der Waals surface area contributed by atoms with Crippen molar-refractivity contribution in [3.63, 3.8) is 0 Å². The van der Waals surface area contributed by atoms with Crippen molar-refractivity contribution in [2.45, 2.75) is 23.1 Å². The highest BCUT2D eigenvalue weighted by Crippen LogP contribution is 2.58. The molecule has 2 aliphatic rings. The number of alkyl halides is 5. The van der Waals surface area contributed by atoms with Crippen molar-refractivity contribution in [1.82, 2.24) is 0 Å². The van der Waals surface area contributed by atoms with Gasteiger partial charge in [-0.05, 0) is 12.3 Å². The summed E-state index contributed by atoms with van der Waals surface area (Å²) in [7, 11) is 0. The molecule has 2 bridgehead atoms. The molecule has 0 N–H and O–H groups in total. The Labute approximate surface area is 81.1 Å². The molecule has 0 nitrogen and oxygen atoms in total. The van der Waals surface area contributed by atoms with E-state index in [1.165, 1.54) is 6.08 Å². The van der Waals surface area contributed by atoms with E-state index >= 15 is 0 Å². The molecule has 0 saturated heterocycles. The summed E-state index contributed by atoms with van der Waals surface area (Å²) < 4.78 is 50.9. The predicted molar refractivity (Wildman–Crippen MR) is 43.3 cm³/mol. The lowest BCUT2D eigenvalue weighted by atomic mass is 9.89. The number of hydrogen-bond donors (Lipinski definition) is 0. The quantitative estimate of drug-likeness (QED) is 0.356. The molecular formula is C8H7BrF4. The zero-order valence-corrected chi connectivity index (χ0v) is 8.07. The molecule has 1 fully saturated rings. The van der Waals surface area contributed by atoms with Gasteiger partial charge >= 0.3 is 6.18 Å². The van der Waals surface area contributed by atoms with Crippen LogP contribution in [-0.2, 0) is 0 Å². The standard InChI is InChI=1S/C8H7BrF4/c9-6-4-1-2-5(3-4)7(6,10)8(11,12)13/h1-2,4-6H,3H2. The molecule has 5 heteroatoms. The third-order valence-electron chi connectivity index (χ3n) is 2.87. The Morgan fingerprint density at radius 1 is 1.31 bits per heavy atom. The maximum absolute atomic E-state index is 13.7. The average Bonchev–Trinajstić information content (AvgIpc) is 2.53. The van der Waals surface area contributed by atoms with E-state index in [0.717, 1.165) is 0 Å². The summed E-state index contributed by atoms with van der Waals surface area (Å²) in [5.74, 6) is -1.31. The molecule has 0 radical (unpaired) electrons. The highest BCUT2D eigenvalue weighted by atomic mass is 79.9. The number of rotatable bonds is 0. The van der Waals surface area contributed by atoms with E-state index in [4.69, 9.17) is 0 Å². The highest BCUT2D eigenvalue weighted by molar-refractivity contribution is 9.09. The first-order valence-electron chi connectivity index (χ1n) is 3.95.